The summed E-state index contributed by atoms with van der Waals surface area (Å²) in [7, 11) is 0. The smallest absolute Gasteiger partial charge is 0.0507 e. The Morgan fingerprint density at radius 3 is 2.75 bits per heavy atom. The number of hydrogen-bond acceptors (Lipinski definition) is 2. The van der Waals surface area contributed by atoms with Crippen molar-refractivity contribution in [2.45, 2.75) is 52.5 Å². The highest BCUT2D eigenvalue weighted by atomic mass is 16.5. The minimum Gasteiger partial charge on any atom is -0.381 e. The van der Waals surface area contributed by atoms with Crippen LogP contribution in [0.4, 0.5) is 0 Å². The third-order valence-corrected chi connectivity index (χ3v) is 4.11. The Labute approximate surface area is 100 Å². The summed E-state index contributed by atoms with van der Waals surface area (Å²) in [6, 6.07) is 0.736. The third kappa shape index (κ3) is 3.46. The lowest BCUT2D eigenvalue weighted by molar-refractivity contribution is 0.145. The molecule has 0 aromatic heterocycles. The summed E-state index contributed by atoms with van der Waals surface area (Å²) in [5.74, 6) is 1.64. The van der Waals surface area contributed by atoms with Crippen molar-refractivity contribution in [3.05, 3.63) is 0 Å². The van der Waals surface area contributed by atoms with Crippen LogP contribution in [-0.4, -0.2) is 25.8 Å². The molecule has 1 saturated heterocycles. The molecule has 1 saturated carbocycles. The van der Waals surface area contributed by atoms with Gasteiger partial charge in [0.05, 0.1) is 6.61 Å². The molecule has 2 rings (SSSR count). The molecular weight excluding hydrogens is 198 g/mol. The summed E-state index contributed by atoms with van der Waals surface area (Å²) < 4.78 is 5.42. The number of rotatable bonds is 3. The van der Waals surface area contributed by atoms with Gasteiger partial charge in [0.15, 0.2) is 0 Å². The maximum Gasteiger partial charge on any atom is 0.0507 e. The summed E-state index contributed by atoms with van der Waals surface area (Å²) in [5.41, 5.74) is 0.529. The average molecular weight is 225 g/mol. The van der Waals surface area contributed by atoms with Crippen LogP contribution in [-0.2, 0) is 4.74 Å². The Hall–Kier alpha value is -0.0800. The summed E-state index contributed by atoms with van der Waals surface area (Å²) >= 11 is 0. The van der Waals surface area contributed by atoms with E-state index in [1.54, 1.807) is 0 Å². The van der Waals surface area contributed by atoms with Crippen molar-refractivity contribution >= 4 is 0 Å². The fraction of sp³-hybridized carbons (Fsp3) is 1.00. The van der Waals surface area contributed by atoms with E-state index in [0.29, 0.717) is 5.41 Å². The summed E-state index contributed by atoms with van der Waals surface area (Å²) in [6.07, 6.45) is 5.33. The lowest BCUT2D eigenvalue weighted by Gasteiger charge is -2.39. The maximum absolute atomic E-state index is 5.42. The van der Waals surface area contributed by atoms with E-state index in [1.807, 2.05) is 0 Å². The van der Waals surface area contributed by atoms with E-state index in [-0.39, 0.29) is 0 Å². The second-order valence-corrected chi connectivity index (χ2v) is 6.75. The fourth-order valence-corrected chi connectivity index (χ4v) is 3.58. The molecule has 0 amide bonds. The van der Waals surface area contributed by atoms with Crippen LogP contribution in [0.2, 0.25) is 0 Å². The highest BCUT2D eigenvalue weighted by Crippen LogP contribution is 2.38. The van der Waals surface area contributed by atoms with Crippen molar-refractivity contribution < 1.29 is 4.74 Å². The average Bonchev–Trinajstić information content (AvgIpc) is 2.63. The van der Waals surface area contributed by atoms with Crippen LogP contribution in [0, 0.1) is 17.3 Å². The van der Waals surface area contributed by atoms with Gasteiger partial charge in [-0.3, -0.25) is 0 Å². The Morgan fingerprint density at radius 1 is 1.31 bits per heavy atom. The molecule has 1 aliphatic carbocycles. The minimum atomic E-state index is 0.529. The number of hydrogen-bond donors (Lipinski definition) is 1. The highest BCUT2D eigenvalue weighted by molar-refractivity contribution is 4.87. The second-order valence-electron chi connectivity index (χ2n) is 6.75. The minimum absolute atomic E-state index is 0.529. The second kappa shape index (κ2) is 5.05. The predicted octanol–water partition coefficient (Wildman–Crippen LogP) is 2.83. The van der Waals surface area contributed by atoms with Crippen LogP contribution in [0.3, 0.4) is 0 Å². The third-order valence-electron chi connectivity index (χ3n) is 4.11. The maximum atomic E-state index is 5.42. The topological polar surface area (TPSA) is 21.3 Å². The standard InChI is InChI=1S/C14H27NO/c1-11-6-13(8-14(2,3)7-11)15-9-12-4-5-16-10-12/h11-13,15H,4-10H2,1-3H3. The summed E-state index contributed by atoms with van der Waals surface area (Å²) in [6.45, 7) is 10.3. The van der Waals surface area contributed by atoms with E-state index >= 15 is 0 Å². The van der Waals surface area contributed by atoms with Gasteiger partial charge in [0, 0.05) is 19.2 Å². The van der Waals surface area contributed by atoms with Gasteiger partial charge >= 0.3 is 0 Å². The SMILES string of the molecule is CC1CC(NCC2CCOC2)CC(C)(C)C1. The quantitative estimate of drug-likeness (QED) is 0.797. The molecule has 0 radical (unpaired) electrons. The molecule has 0 aromatic rings. The molecule has 16 heavy (non-hydrogen) atoms. The fourth-order valence-electron chi connectivity index (χ4n) is 3.58. The molecule has 1 aliphatic heterocycles. The molecule has 1 N–H and O–H groups in total. The molecule has 2 nitrogen and oxygen atoms in total. The molecule has 2 aliphatic rings. The molecule has 0 spiro atoms. The first-order chi connectivity index (χ1) is 7.55. The zero-order valence-electron chi connectivity index (χ0n) is 11.1. The van der Waals surface area contributed by atoms with E-state index in [0.717, 1.165) is 37.6 Å². The van der Waals surface area contributed by atoms with Crippen molar-refractivity contribution in [1.82, 2.24) is 5.32 Å². The molecule has 2 fully saturated rings. The zero-order valence-corrected chi connectivity index (χ0v) is 11.1. The normalized spacial score (nSPS) is 38.8. The van der Waals surface area contributed by atoms with Crippen LogP contribution in [0.1, 0.15) is 46.5 Å². The van der Waals surface area contributed by atoms with Gasteiger partial charge in [-0.15, -0.1) is 0 Å². The van der Waals surface area contributed by atoms with Crippen LogP contribution < -0.4 is 5.32 Å². The van der Waals surface area contributed by atoms with E-state index in [2.05, 4.69) is 26.1 Å². The van der Waals surface area contributed by atoms with Gasteiger partial charge in [0.25, 0.3) is 0 Å². The van der Waals surface area contributed by atoms with Crippen LogP contribution in [0.25, 0.3) is 0 Å². The van der Waals surface area contributed by atoms with E-state index in [4.69, 9.17) is 4.74 Å². The first kappa shape index (κ1) is 12.4. The summed E-state index contributed by atoms with van der Waals surface area (Å²) in [5, 5.41) is 3.77. The molecular formula is C14H27NO. The van der Waals surface area contributed by atoms with Crippen LogP contribution in [0.5, 0.6) is 0 Å². The van der Waals surface area contributed by atoms with Gasteiger partial charge in [-0.25, -0.2) is 0 Å². The molecule has 1 heterocycles. The van der Waals surface area contributed by atoms with Crippen molar-refractivity contribution in [3.63, 3.8) is 0 Å². The largest absolute Gasteiger partial charge is 0.381 e. The Balaban J connectivity index is 1.75. The number of ether oxygens (including phenoxy) is 1. The zero-order chi connectivity index (χ0) is 11.6. The lowest BCUT2D eigenvalue weighted by Crippen LogP contribution is -2.42. The lowest BCUT2D eigenvalue weighted by atomic mass is 9.70. The van der Waals surface area contributed by atoms with Gasteiger partial charge in [-0.2, -0.15) is 0 Å². The first-order valence-corrected chi connectivity index (χ1v) is 6.86. The highest BCUT2D eigenvalue weighted by Gasteiger charge is 2.32. The van der Waals surface area contributed by atoms with Crippen LogP contribution in [0.15, 0.2) is 0 Å². The predicted molar refractivity (Wildman–Crippen MR) is 67.5 cm³/mol. The van der Waals surface area contributed by atoms with Crippen molar-refractivity contribution in [3.8, 4) is 0 Å². The molecule has 94 valence electrons. The first-order valence-electron chi connectivity index (χ1n) is 6.86. The Morgan fingerprint density at radius 2 is 2.12 bits per heavy atom. The molecule has 0 aromatic carbocycles. The van der Waals surface area contributed by atoms with Gasteiger partial charge < -0.3 is 10.1 Å². The van der Waals surface area contributed by atoms with Crippen molar-refractivity contribution in [2.24, 2.45) is 17.3 Å². The molecule has 2 heteroatoms. The molecule has 3 atom stereocenters. The Kier molecular flexibility index (Phi) is 3.91. The monoisotopic (exact) mass is 225 g/mol. The van der Waals surface area contributed by atoms with E-state index in [1.165, 1.54) is 25.7 Å². The van der Waals surface area contributed by atoms with Crippen LogP contribution >= 0.6 is 0 Å². The van der Waals surface area contributed by atoms with Gasteiger partial charge in [-0.1, -0.05) is 20.8 Å². The Bertz CT molecular complexity index is 221. The summed E-state index contributed by atoms with van der Waals surface area (Å²) in [4.78, 5) is 0. The van der Waals surface area contributed by atoms with Gasteiger partial charge in [0.1, 0.15) is 0 Å². The van der Waals surface area contributed by atoms with Crippen molar-refractivity contribution in [2.75, 3.05) is 19.8 Å². The van der Waals surface area contributed by atoms with E-state index in [9.17, 15) is 0 Å². The number of nitrogens with one attached hydrogen (secondary N) is 1. The van der Waals surface area contributed by atoms with Gasteiger partial charge in [0.2, 0.25) is 0 Å². The molecule has 0 bridgehead atoms. The van der Waals surface area contributed by atoms with E-state index < -0.39 is 0 Å². The van der Waals surface area contributed by atoms with Gasteiger partial charge in [-0.05, 0) is 42.9 Å². The van der Waals surface area contributed by atoms with Crippen molar-refractivity contribution in [1.29, 1.82) is 0 Å². The molecule has 3 unspecified atom stereocenters.